The predicted octanol–water partition coefficient (Wildman–Crippen LogP) is 1.77. The molecule has 10 heavy (non-hydrogen) atoms. The van der Waals surface area contributed by atoms with Crippen LogP contribution in [0.3, 0.4) is 0 Å². The van der Waals surface area contributed by atoms with Gasteiger partial charge < -0.3 is 0 Å². The van der Waals surface area contributed by atoms with E-state index in [1.54, 1.807) is 0 Å². The van der Waals surface area contributed by atoms with Crippen LogP contribution in [0.1, 0.15) is 0 Å². The first-order valence-electron chi connectivity index (χ1n) is 3.71. The molecular weight excluding hydrogens is 351 g/mol. The minimum atomic E-state index is -1.43. The van der Waals surface area contributed by atoms with Gasteiger partial charge in [0.1, 0.15) is 0 Å². The summed E-state index contributed by atoms with van der Waals surface area (Å²) in [6.45, 7) is 14.7. The second-order valence-corrected chi connectivity index (χ2v) is 59.9. The van der Waals surface area contributed by atoms with Crippen LogP contribution in [0.4, 0.5) is 0 Å². The minimum absolute atomic E-state index is 0.853. The third-order valence-corrected chi connectivity index (χ3v) is 73.4. The predicted molar refractivity (Wildman–Crippen MR) is 56.6 cm³/mol. The Bertz CT molecular complexity index is 99.9. The van der Waals surface area contributed by atoms with Crippen LogP contribution in [0.15, 0.2) is 0 Å². The first-order valence-corrected chi connectivity index (χ1v) is 23.0. The van der Waals surface area contributed by atoms with Crippen molar-refractivity contribution in [2.75, 3.05) is 0 Å². The molecule has 0 saturated carbocycles. The third kappa shape index (κ3) is 3.61. The van der Waals surface area contributed by atoms with Crippen LogP contribution in [0, 0.1) is 0 Å². The molecule has 0 aliphatic rings. The van der Waals surface area contributed by atoms with Gasteiger partial charge in [0.05, 0.1) is 0 Å². The van der Waals surface area contributed by atoms with Gasteiger partial charge in [0.25, 0.3) is 0 Å². The molecule has 2 N–H and O–H groups in total. The van der Waals surface area contributed by atoms with Gasteiger partial charge in [0.15, 0.2) is 0 Å². The van der Waals surface area contributed by atoms with Crippen LogP contribution in [0.2, 0.25) is 39.3 Å². The molecule has 0 radical (unpaired) electrons. The summed E-state index contributed by atoms with van der Waals surface area (Å²) in [5, 5.41) is -1.71. The molecule has 0 aromatic carbocycles. The van der Waals surface area contributed by atoms with Gasteiger partial charge in [-0.1, -0.05) is 0 Å². The van der Waals surface area contributed by atoms with Crippen LogP contribution in [-0.2, 0) is 0 Å². The molecule has 0 bridgehead atoms. The van der Waals surface area contributed by atoms with Gasteiger partial charge in [0, 0.05) is 0 Å². The van der Waals surface area contributed by atoms with Crippen molar-refractivity contribution in [1.82, 2.24) is 0 Å². The second kappa shape index (κ2) is 3.34. The van der Waals surface area contributed by atoms with Crippen molar-refractivity contribution >= 4 is 30.8 Å². The van der Waals surface area contributed by atoms with E-state index in [9.17, 15) is 0 Å². The molecule has 0 fully saturated rings. The summed E-state index contributed by atoms with van der Waals surface area (Å²) in [7, 11) is 0. The van der Waals surface area contributed by atoms with Gasteiger partial charge in [-0.25, -0.2) is 0 Å². The van der Waals surface area contributed by atoms with Crippen molar-refractivity contribution in [2.45, 2.75) is 39.3 Å². The number of rotatable bonds is 2. The van der Waals surface area contributed by atoms with Crippen molar-refractivity contribution in [1.29, 1.82) is 0 Å². The molecule has 1 nitrogen and oxygen atoms in total. The quantitative estimate of drug-likeness (QED) is 0.736. The van der Waals surface area contributed by atoms with Crippen LogP contribution in [-0.4, -0.2) is 30.8 Å². The van der Waals surface area contributed by atoms with Gasteiger partial charge >= 0.3 is 73.7 Å². The fraction of sp³-hybridized carbons (Fsp3) is 1.00. The Morgan fingerprint density at radius 1 is 0.800 bits per heavy atom. The average molecular weight is 371 g/mol. The van der Waals surface area contributed by atoms with E-state index in [4.69, 9.17) is 3.68 Å². The molecule has 0 saturated heterocycles. The number of nitrogens with two attached hydrogens (primary N) is 1. The van der Waals surface area contributed by atoms with Crippen molar-refractivity contribution in [2.24, 2.45) is 3.68 Å². The Labute approximate surface area is 73.4 Å². The molecule has 0 aliphatic carbocycles. The van der Waals surface area contributed by atoms with Gasteiger partial charge in [0.2, 0.25) is 0 Å². The maximum absolute atomic E-state index is 6.35. The second-order valence-electron chi connectivity index (χ2n) is 4.71. The topological polar surface area (TPSA) is 26.0 Å². The summed E-state index contributed by atoms with van der Waals surface area (Å²) in [6.07, 6.45) is 0. The van der Waals surface area contributed by atoms with E-state index in [-0.39, 0.29) is 0 Å². The molecule has 4 heteroatoms. The van der Waals surface area contributed by atoms with Crippen LogP contribution in [0.5, 0.6) is 0 Å². The molecule has 0 atom stereocenters. The average Bonchev–Trinajstić information content (AvgIpc) is 1.59. The summed E-state index contributed by atoms with van der Waals surface area (Å²) in [5.41, 5.74) is 0. The summed E-state index contributed by atoms with van der Waals surface area (Å²) in [4.78, 5) is 0. The molecular formula is C6H20BiNSi2. The standard InChI is InChI=1S/2C3H9Si.Bi.H2N/c2*1-4(2)3;;/h2*1-3H3;;1H2/q;;+1;-1. The first kappa shape index (κ1) is 11.3. The zero-order chi connectivity index (χ0) is 8.58. The monoisotopic (exact) mass is 371 g/mol. The van der Waals surface area contributed by atoms with Crippen molar-refractivity contribution < 1.29 is 0 Å². The fourth-order valence-corrected chi connectivity index (χ4v) is 79.5. The molecule has 0 amide bonds. The molecule has 62 valence electrons. The fourth-order valence-electron chi connectivity index (χ4n) is 1.01. The zero-order valence-corrected chi connectivity index (χ0v) is 13.5. The number of hydrogen-bond donors (Lipinski definition) is 1. The maximum atomic E-state index is 6.35. The molecule has 0 spiro atoms. The summed E-state index contributed by atoms with van der Waals surface area (Å²) < 4.78 is 6.35. The summed E-state index contributed by atoms with van der Waals surface area (Å²) in [6, 6.07) is 0. The first-order chi connectivity index (χ1) is 4.15. The zero-order valence-electron chi connectivity index (χ0n) is 8.02. The number of hydrogen-bond acceptors (Lipinski definition) is 1. The van der Waals surface area contributed by atoms with Crippen LogP contribution < -0.4 is 3.68 Å². The van der Waals surface area contributed by atoms with Crippen molar-refractivity contribution in [3.05, 3.63) is 0 Å². The van der Waals surface area contributed by atoms with E-state index in [1.165, 1.54) is 0 Å². The normalized spacial score (nSPS) is 14.4. The van der Waals surface area contributed by atoms with Crippen LogP contribution >= 0.6 is 0 Å². The molecule has 0 aromatic heterocycles. The Morgan fingerprint density at radius 2 is 1.00 bits per heavy atom. The molecule has 0 rings (SSSR count). The SMILES string of the molecule is C[Si](C)(C)[Bi]([NH2])[Si](C)(C)C. The Balaban J connectivity index is 4.23. The van der Waals surface area contributed by atoms with Gasteiger partial charge in [-0.2, -0.15) is 0 Å². The Kier molecular flexibility index (Phi) is 3.76. The Morgan fingerprint density at radius 3 is 1.00 bits per heavy atom. The van der Waals surface area contributed by atoms with E-state index >= 15 is 0 Å². The van der Waals surface area contributed by atoms with E-state index < -0.39 is 30.8 Å². The Hall–Kier alpha value is 1.28. The third-order valence-electron chi connectivity index (χ3n) is 1.45. The van der Waals surface area contributed by atoms with Gasteiger partial charge in [-0.3, -0.25) is 0 Å². The van der Waals surface area contributed by atoms with Gasteiger partial charge in [-0.15, -0.1) is 0 Å². The molecule has 0 aliphatic heterocycles. The molecule has 0 aromatic rings. The molecule has 0 unspecified atom stereocenters. The summed E-state index contributed by atoms with van der Waals surface area (Å²) in [5.74, 6) is 0. The molecule has 0 heterocycles. The van der Waals surface area contributed by atoms with E-state index in [1.807, 2.05) is 0 Å². The van der Waals surface area contributed by atoms with E-state index in [0.29, 0.717) is 0 Å². The van der Waals surface area contributed by atoms with Crippen LogP contribution in [0.25, 0.3) is 0 Å². The van der Waals surface area contributed by atoms with Gasteiger partial charge in [-0.05, 0) is 0 Å². The summed E-state index contributed by atoms with van der Waals surface area (Å²) >= 11 is -1.43. The van der Waals surface area contributed by atoms with Crippen molar-refractivity contribution in [3.63, 3.8) is 0 Å². The van der Waals surface area contributed by atoms with Crippen molar-refractivity contribution in [3.8, 4) is 0 Å². The van der Waals surface area contributed by atoms with E-state index in [2.05, 4.69) is 39.3 Å². The van der Waals surface area contributed by atoms with E-state index in [0.717, 1.165) is 0 Å².